The molecule has 1 aromatic carbocycles. The van der Waals surface area contributed by atoms with Gasteiger partial charge in [-0.3, -0.25) is 4.79 Å². The Hall–Kier alpha value is -2.28. The van der Waals surface area contributed by atoms with Crippen LogP contribution in [0.3, 0.4) is 0 Å². The molecule has 0 spiro atoms. The number of fused-ring (bicyclic) bond motifs is 1. The van der Waals surface area contributed by atoms with Gasteiger partial charge in [-0.15, -0.1) is 5.10 Å². The van der Waals surface area contributed by atoms with Crippen LogP contribution in [0.15, 0.2) is 18.2 Å². The highest BCUT2D eigenvalue weighted by molar-refractivity contribution is 5.70. The van der Waals surface area contributed by atoms with Gasteiger partial charge in [0.15, 0.2) is 5.82 Å². The predicted molar refractivity (Wildman–Crippen MR) is 73.3 cm³/mol. The standard InChI is InChI=1S/C14H16N4O3/c1-8(14(19)20)9(2)18-13(15-16-17-18)10-3-4-11-6-21-7-12(11)5-10/h3-5,8-9H,6-7H2,1-2H3,(H,19,20). The molecule has 0 radical (unpaired) electrons. The van der Waals surface area contributed by atoms with Crippen molar-refractivity contribution in [3.63, 3.8) is 0 Å². The molecule has 0 fully saturated rings. The predicted octanol–water partition coefficient (Wildman–Crippen LogP) is 1.65. The van der Waals surface area contributed by atoms with E-state index >= 15 is 0 Å². The highest BCUT2D eigenvalue weighted by atomic mass is 16.5. The summed E-state index contributed by atoms with van der Waals surface area (Å²) in [6, 6.07) is 5.61. The SMILES string of the molecule is CC(C(=O)O)C(C)n1nnnc1-c1ccc2c(c1)COC2. The number of aliphatic carboxylic acids is 1. The maximum absolute atomic E-state index is 11.1. The van der Waals surface area contributed by atoms with Crippen molar-refractivity contribution in [2.75, 3.05) is 0 Å². The number of hydrogen-bond donors (Lipinski definition) is 1. The van der Waals surface area contributed by atoms with E-state index in [0.717, 1.165) is 11.1 Å². The van der Waals surface area contributed by atoms with E-state index in [-0.39, 0.29) is 6.04 Å². The lowest BCUT2D eigenvalue weighted by atomic mass is 10.0. The van der Waals surface area contributed by atoms with Crippen LogP contribution in [0.4, 0.5) is 0 Å². The minimum Gasteiger partial charge on any atom is -0.481 e. The molecular weight excluding hydrogens is 272 g/mol. The van der Waals surface area contributed by atoms with Crippen molar-refractivity contribution in [3.8, 4) is 11.4 Å². The second-order valence-electron chi connectivity index (χ2n) is 5.29. The number of carboxylic acid groups (broad SMARTS) is 1. The number of ether oxygens (including phenoxy) is 1. The highest BCUT2D eigenvalue weighted by Gasteiger charge is 2.25. The number of aromatic nitrogens is 4. The third-order valence-corrected chi connectivity index (χ3v) is 3.97. The van der Waals surface area contributed by atoms with Crippen molar-refractivity contribution in [1.82, 2.24) is 20.2 Å². The molecule has 110 valence electrons. The lowest BCUT2D eigenvalue weighted by Crippen LogP contribution is -2.23. The smallest absolute Gasteiger partial charge is 0.308 e. The number of nitrogens with zero attached hydrogens (tertiary/aromatic N) is 4. The molecule has 2 heterocycles. The van der Waals surface area contributed by atoms with Crippen LogP contribution in [-0.2, 0) is 22.7 Å². The van der Waals surface area contributed by atoms with Crippen LogP contribution in [0.2, 0.25) is 0 Å². The number of rotatable bonds is 4. The highest BCUT2D eigenvalue weighted by Crippen LogP contribution is 2.28. The summed E-state index contributed by atoms with van der Waals surface area (Å²) in [6.45, 7) is 4.67. The van der Waals surface area contributed by atoms with Gasteiger partial charge in [0.25, 0.3) is 0 Å². The summed E-state index contributed by atoms with van der Waals surface area (Å²) in [5, 5.41) is 20.8. The van der Waals surface area contributed by atoms with Crippen molar-refractivity contribution in [2.24, 2.45) is 5.92 Å². The third-order valence-electron chi connectivity index (χ3n) is 3.97. The average molecular weight is 288 g/mol. The van der Waals surface area contributed by atoms with E-state index in [2.05, 4.69) is 15.5 Å². The molecule has 1 N–H and O–H groups in total. The lowest BCUT2D eigenvalue weighted by Gasteiger charge is -2.17. The molecule has 2 atom stereocenters. The summed E-state index contributed by atoms with van der Waals surface area (Å²) in [5.74, 6) is -0.874. The molecule has 1 aliphatic rings. The fourth-order valence-corrected chi connectivity index (χ4v) is 2.39. The zero-order valence-electron chi connectivity index (χ0n) is 11.9. The van der Waals surface area contributed by atoms with E-state index in [1.54, 1.807) is 18.5 Å². The number of carboxylic acids is 1. The van der Waals surface area contributed by atoms with E-state index in [1.807, 2.05) is 18.2 Å². The molecule has 0 saturated heterocycles. The Bertz CT molecular complexity index is 683. The molecule has 1 aromatic heterocycles. The molecular formula is C14H16N4O3. The number of carbonyl (C=O) groups is 1. The summed E-state index contributed by atoms with van der Waals surface area (Å²) < 4.78 is 6.96. The molecule has 21 heavy (non-hydrogen) atoms. The van der Waals surface area contributed by atoms with Gasteiger partial charge in [0.05, 0.1) is 25.2 Å². The van der Waals surface area contributed by atoms with Crippen molar-refractivity contribution in [1.29, 1.82) is 0 Å². The maximum Gasteiger partial charge on any atom is 0.308 e. The van der Waals surface area contributed by atoms with Gasteiger partial charge in [-0.05, 0) is 41.5 Å². The minimum absolute atomic E-state index is 0.336. The molecule has 1 aliphatic heterocycles. The van der Waals surface area contributed by atoms with Crippen LogP contribution >= 0.6 is 0 Å². The van der Waals surface area contributed by atoms with Crippen molar-refractivity contribution < 1.29 is 14.6 Å². The normalized spacial score (nSPS) is 16.5. The van der Waals surface area contributed by atoms with Gasteiger partial charge >= 0.3 is 5.97 Å². The topological polar surface area (TPSA) is 90.1 Å². The number of benzene rings is 1. The first-order chi connectivity index (χ1) is 10.1. The fraction of sp³-hybridized carbons (Fsp3) is 0.429. The largest absolute Gasteiger partial charge is 0.481 e. The number of tetrazole rings is 1. The number of hydrogen-bond acceptors (Lipinski definition) is 5. The summed E-state index contributed by atoms with van der Waals surface area (Å²) in [5.41, 5.74) is 3.17. The Morgan fingerprint density at radius 3 is 2.86 bits per heavy atom. The molecule has 0 aliphatic carbocycles. The molecule has 0 amide bonds. The Kier molecular flexibility index (Phi) is 3.42. The molecule has 2 unspecified atom stereocenters. The van der Waals surface area contributed by atoms with Gasteiger partial charge in [-0.1, -0.05) is 12.1 Å². The summed E-state index contributed by atoms with van der Waals surface area (Å²) >= 11 is 0. The Morgan fingerprint density at radius 1 is 1.33 bits per heavy atom. The van der Waals surface area contributed by atoms with E-state index in [0.29, 0.717) is 19.0 Å². The van der Waals surface area contributed by atoms with Crippen molar-refractivity contribution >= 4 is 5.97 Å². The van der Waals surface area contributed by atoms with Gasteiger partial charge < -0.3 is 9.84 Å². The molecule has 0 bridgehead atoms. The second kappa shape index (κ2) is 5.25. The van der Waals surface area contributed by atoms with Crippen LogP contribution in [0.25, 0.3) is 11.4 Å². The molecule has 0 saturated carbocycles. The average Bonchev–Trinajstić information content (AvgIpc) is 3.13. The Morgan fingerprint density at radius 2 is 2.10 bits per heavy atom. The first-order valence-corrected chi connectivity index (χ1v) is 6.78. The van der Waals surface area contributed by atoms with Crippen molar-refractivity contribution in [3.05, 3.63) is 29.3 Å². The molecule has 7 nitrogen and oxygen atoms in total. The van der Waals surface area contributed by atoms with Crippen LogP contribution in [0.1, 0.15) is 31.0 Å². The fourth-order valence-electron chi connectivity index (χ4n) is 2.39. The van der Waals surface area contributed by atoms with E-state index in [1.165, 1.54) is 5.56 Å². The summed E-state index contributed by atoms with van der Waals surface area (Å²) in [4.78, 5) is 11.1. The first kappa shape index (κ1) is 13.7. The van der Waals surface area contributed by atoms with Crippen molar-refractivity contribution in [2.45, 2.75) is 33.1 Å². The summed E-state index contributed by atoms with van der Waals surface area (Å²) in [7, 11) is 0. The molecule has 7 heteroatoms. The zero-order valence-corrected chi connectivity index (χ0v) is 11.9. The van der Waals surface area contributed by atoms with Gasteiger partial charge in [0, 0.05) is 5.56 Å². The van der Waals surface area contributed by atoms with E-state index < -0.39 is 11.9 Å². The maximum atomic E-state index is 11.1. The van der Waals surface area contributed by atoms with Gasteiger partial charge in [0.2, 0.25) is 0 Å². The van der Waals surface area contributed by atoms with Crippen LogP contribution in [0, 0.1) is 5.92 Å². The quantitative estimate of drug-likeness (QED) is 0.920. The monoisotopic (exact) mass is 288 g/mol. The van der Waals surface area contributed by atoms with Crippen LogP contribution in [-0.4, -0.2) is 31.3 Å². The lowest BCUT2D eigenvalue weighted by molar-refractivity contribution is -0.142. The Labute approximate surface area is 121 Å². The third kappa shape index (κ3) is 2.40. The van der Waals surface area contributed by atoms with E-state index in [4.69, 9.17) is 9.84 Å². The van der Waals surface area contributed by atoms with Crippen LogP contribution in [0.5, 0.6) is 0 Å². The van der Waals surface area contributed by atoms with Gasteiger partial charge in [0.1, 0.15) is 0 Å². The Balaban J connectivity index is 1.97. The molecule has 3 rings (SSSR count). The van der Waals surface area contributed by atoms with Crippen LogP contribution < -0.4 is 0 Å². The zero-order chi connectivity index (χ0) is 15.0. The second-order valence-corrected chi connectivity index (χ2v) is 5.29. The summed E-state index contributed by atoms with van der Waals surface area (Å²) in [6.07, 6.45) is 0. The minimum atomic E-state index is -0.869. The van der Waals surface area contributed by atoms with Gasteiger partial charge in [-0.25, -0.2) is 4.68 Å². The first-order valence-electron chi connectivity index (χ1n) is 6.78. The van der Waals surface area contributed by atoms with E-state index in [9.17, 15) is 4.79 Å². The van der Waals surface area contributed by atoms with Gasteiger partial charge in [-0.2, -0.15) is 0 Å². The molecule has 2 aromatic rings.